The first-order valence-electron chi connectivity index (χ1n) is 11.4. The molecule has 0 atom stereocenters. The van der Waals surface area contributed by atoms with Gasteiger partial charge in [0.2, 0.25) is 0 Å². The van der Waals surface area contributed by atoms with E-state index >= 15 is 0 Å². The van der Waals surface area contributed by atoms with E-state index in [9.17, 15) is 4.79 Å². The Morgan fingerprint density at radius 1 is 1.00 bits per heavy atom. The summed E-state index contributed by atoms with van der Waals surface area (Å²) in [4.78, 5) is 15.7. The normalized spacial score (nSPS) is 11.4. The minimum atomic E-state index is -0.424. The fourth-order valence-electron chi connectivity index (χ4n) is 4.17. The summed E-state index contributed by atoms with van der Waals surface area (Å²) in [5, 5.41) is 5.16. The van der Waals surface area contributed by atoms with Crippen molar-refractivity contribution in [3.8, 4) is 11.4 Å². The molecule has 176 valence electrons. The molecule has 35 heavy (non-hydrogen) atoms. The number of aromatic nitrogens is 2. The Morgan fingerprint density at radius 3 is 2.51 bits per heavy atom. The highest BCUT2D eigenvalue weighted by molar-refractivity contribution is 6.01. The zero-order valence-electron chi connectivity index (χ0n) is 19.8. The van der Waals surface area contributed by atoms with Gasteiger partial charge in [-0.1, -0.05) is 18.2 Å². The number of aryl methyl sites for hydroxylation is 3. The van der Waals surface area contributed by atoms with Crippen LogP contribution in [0.1, 0.15) is 39.0 Å². The number of para-hydroxylation sites is 1. The van der Waals surface area contributed by atoms with Crippen molar-refractivity contribution in [1.29, 1.82) is 0 Å². The van der Waals surface area contributed by atoms with Gasteiger partial charge in [0.1, 0.15) is 18.1 Å². The van der Waals surface area contributed by atoms with Crippen LogP contribution in [0.15, 0.2) is 82.3 Å². The molecular formula is C28H26N4O3. The van der Waals surface area contributed by atoms with E-state index in [2.05, 4.69) is 46.1 Å². The Labute approximate surface area is 203 Å². The van der Waals surface area contributed by atoms with Gasteiger partial charge in [-0.2, -0.15) is 5.10 Å². The fourth-order valence-corrected chi connectivity index (χ4v) is 4.17. The molecule has 0 aliphatic carbocycles. The maximum absolute atomic E-state index is 12.4. The quantitative estimate of drug-likeness (QED) is 0.234. The molecule has 7 nitrogen and oxygen atoms in total. The minimum Gasteiger partial charge on any atom is -0.486 e. The van der Waals surface area contributed by atoms with Crippen LogP contribution in [0.2, 0.25) is 0 Å². The molecule has 0 radical (unpaired) electrons. The van der Waals surface area contributed by atoms with Crippen LogP contribution in [-0.4, -0.2) is 21.7 Å². The van der Waals surface area contributed by atoms with Crippen LogP contribution in [0.3, 0.4) is 0 Å². The first-order valence-corrected chi connectivity index (χ1v) is 11.4. The summed E-state index contributed by atoms with van der Waals surface area (Å²) >= 11 is 0. The molecule has 2 N–H and O–H groups in total. The molecule has 0 saturated heterocycles. The third-order valence-corrected chi connectivity index (χ3v) is 5.94. The topological polar surface area (TPSA) is 84.5 Å². The van der Waals surface area contributed by atoms with Crippen LogP contribution in [0, 0.1) is 20.8 Å². The zero-order chi connectivity index (χ0) is 24.4. The first-order chi connectivity index (χ1) is 17.0. The van der Waals surface area contributed by atoms with Gasteiger partial charge < -0.3 is 18.7 Å². The molecule has 3 aromatic heterocycles. The van der Waals surface area contributed by atoms with E-state index in [1.165, 1.54) is 11.4 Å². The number of amides is 1. The lowest BCUT2D eigenvalue weighted by Gasteiger charge is -2.10. The molecule has 0 bridgehead atoms. The van der Waals surface area contributed by atoms with Crippen molar-refractivity contribution in [2.75, 3.05) is 0 Å². The maximum Gasteiger partial charge on any atom is 0.307 e. The molecule has 0 aliphatic heterocycles. The van der Waals surface area contributed by atoms with Crippen molar-refractivity contribution in [3.63, 3.8) is 0 Å². The van der Waals surface area contributed by atoms with E-state index < -0.39 is 5.91 Å². The molecule has 0 fully saturated rings. The molecule has 5 aromatic rings. The minimum absolute atomic E-state index is 0.172. The van der Waals surface area contributed by atoms with E-state index in [-0.39, 0.29) is 12.4 Å². The number of hydrazone groups is 1. The second-order valence-corrected chi connectivity index (χ2v) is 8.41. The number of fused-ring (bicyclic) bond motifs is 1. The highest BCUT2D eigenvalue weighted by Crippen LogP contribution is 2.21. The van der Waals surface area contributed by atoms with Gasteiger partial charge in [-0.05, 0) is 75.4 Å². The smallest absolute Gasteiger partial charge is 0.307 e. The molecule has 3 heterocycles. The van der Waals surface area contributed by atoms with E-state index in [0.29, 0.717) is 5.76 Å². The summed E-state index contributed by atoms with van der Waals surface area (Å²) in [6.45, 7) is 6.34. The van der Waals surface area contributed by atoms with Gasteiger partial charge in [0, 0.05) is 39.2 Å². The third kappa shape index (κ3) is 4.61. The summed E-state index contributed by atoms with van der Waals surface area (Å²) < 4.78 is 13.7. The van der Waals surface area contributed by atoms with E-state index in [4.69, 9.17) is 9.15 Å². The predicted molar refractivity (Wildman–Crippen MR) is 136 cm³/mol. The largest absolute Gasteiger partial charge is 0.486 e. The molecule has 0 unspecified atom stereocenters. The Kier molecular flexibility index (Phi) is 5.97. The summed E-state index contributed by atoms with van der Waals surface area (Å²) in [5.74, 6) is 1.02. The second kappa shape index (κ2) is 9.38. The number of rotatable bonds is 7. The molecule has 1 amide bonds. The number of aromatic amines is 1. The summed E-state index contributed by atoms with van der Waals surface area (Å²) in [5.41, 5.74) is 8.90. The number of nitrogens with one attached hydrogen (secondary N) is 2. The third-order valence-electron chi connectivity index (χ3n) is 5.94. The van der Waals surface area contributed by atoms with Gasteiger partial charge in [-0.25, -0.2) is 5.43 Å². The Balaban J connectivity index is 1.18. The Bertz CT molecular complexity index is 1500. The second-order valence-electron chi connectivity index (χ2n) is 8.41. The summed E-state index contributed by atoms with van der Waals surface area (Å²) in [6, 6.07) is 23.4. The van der Waals surface area contributed by atoms with Crippen LogP contribution in [0.4, 0.5) is 0 Å². The van der Waals surface area contributed by atoms with Gasteiger partial charge in [-0.3, -0.25) is 4.79 Å². The Hall–Kier alpha value is -4.52. The van der Waals surface area contributed by atoms with Crippen molar-refractivity contribution in [2.24, 2.45) is 5.10 Å². The molecule has 5 rings (SSSR count). The number of carbonyl (C=O) groups excluding carboxylic acids is 1. The fraction of sp³-hybridized carbons (Fsp3) is 0.143. The molecule has 0 spiro atoms. The number of furan rings is 1. The van der Waals surface area contributed by atoms with Gasteiger partial charge in [0.25, 0.3) is 0 Å². The van der Waals surface area contributed by atoms with Crippen LogP contribution in [0.25, 0.3) is 16.6 Å². The van der Waals surface area contributed by atoms with E-state index in [1.807, 2.05) is 55.5 Å². The van der Waals surface area contributed by atoms with Crippen molar-refractivity contribution in [3.05, 3.63) is 107 Å². The van der Waals surface area contributed by atoms with Gasteiger partial charge in [-0.15, -0.1) is 0 Å². The van der Waals surface area contributed by atoms with Crippen LogP contribution in [0.5, 0.6) is 5.75 Å². The number of carbonyl (C=O) groups is 1. The van der Waals surface area contributed by atoms with Crippen molar-refractivity contribution in [2.45, 2.75) is 27.4 Å². The van der Waals surface area contributed by atoms with Gasteiger partial charge >= 0.3 is 5.91 Å². The number of hydrogen-bond acceptors (Lipinski definition) is 4. The van der Waals surface area contributed by atoms with Crippen LogP contribution in [-0.2, 0) is 6.61 Å². The summed E-state index contributed by atoms with van der Waals surface area (Å²) in [7, 11) is 0. The summed E-state index contributed by atoms with van der Waals surface area (Å²) in [6.07, 6.45) is 1.64. The number of H-pyrrole nitrogens is 1. The monoisotopic (exact) mass is 466 g/mol. The SMILES string of the molecule is Cc1[nH]c2ccccc2c1C=NNC(=O)c1ccc(COc2ccc(-n3c(C)ccc3C)cc2)o1. The molecule has 2 aromatic carbocycles. The van der Waals surface area contributed by atoms with E-state index in [1.54, 1.807) is 18.3 Å². The number of nitrogens with zero attached hydrogens (tertiary/aromatic N) is 2. The average Bonchev–Trinajstić information content (AvgIpc) is 3.55. The highest BCUT2D eigenvalue weighted by Gasteiger charge is 2.12. The maximum atomic E-state index is 12.4. The number of ether oxygens (including phenoxy) is 1. The van der Waals surface area contributed by atoms with Crippen LogP contribution >= 0.6 is 0 Å². The standard InChI is InChI=1S/C28H26N4O3/c1-18-8-9-19(2)32(18)21-10-12-22(13-11-21)34-17-23-14-15-27(35-23)28(33)31-29-16-25-20(3)30-26-7-5-4-6-24(25)26/h4-16,30H,17H2,1-3H3,(H,31,33). The predicted octanol–water partition coefficient (Wildman–Crippen LogP) is 5.82. The lowest BCUT2D eigenvalue weighted by Crippen LogP contribution is -2.16. The van der Waals surface area contributed by atoms with Gasteiger partial charge in [0.05, 0.1) is 6.21 Å². The lowest BCUT2D eigenvalue weighted by atomic mass is 10.1. The molecule has 7 heteroatoms. The first kappa shape index (κ1) is 22.3. The van der Waals surface area contributed by atoms with Crippen molar-refractivity contribution >= 4 is 23.0 Å². The number of hydrogen-bond donors (Lipinski definition) is 2. The molecular weight excluding hydrogens is 440 g/mol. The van der Waals surface area contributed by atoms with E-state index in [0.717, 1.165) is 33.6 Å². The van der Waals surface area contributed by atoms with Crippen molar-refractivity contribution in [1.82, 2.24) is 15.0 Å². The Morgan fingerprint density at radius 2 is 1.74 bits per heavy atom. The molecule has 0 saturated carbocycles. The van der Waals surface area contributed by atoms with Crippen molar-refractivity contribution < 1.29 is 13.9 Å². The highest BCUT2D eigenvalue weighted by atomic mass is 16.5. The average molecular weight is 467 g/mol. The van der Waals surface area contributed by atoms with Crippen LogP contribution < -0.4 is 10.2 Å². The van der Waals surface area contributed by atoms with Gasteiger partial charge in [0.15, 0.2) is 5.76 Å². The number of benzene rings is 2. The zero-order valence-corrected chi connectivity index (χ0v) is 19.8. The lowest BCUT2D eigenvalue weighted by molar-refractivity contribution is 0.0923. The molecule has 0 aliphatic rings.